The second kappa shape index (κ2) is 4.16. The van der Waals surface area contributed by atoms with Crippen molar-refractivity contribution in [3.63, 3.8) is 0 Å². The number of aliphatic hydroxyl groups is 1. The van der Waals surface area contributed by atoms with Crippen LogP contribution < -0.4 is 11.1 Å². The predicted molar refractivity (Wildman–Crippen MR) is 57.4 cm³/mol. The van der Waals surface area contributed by atoms with Crippen molar-refractivity contribution in [2.45, 2.75) is 31.4 Å². The van der Waals surface area contributed by atoms with E-state index in [1.807, 2.05) is 0 Å². The number of thiazole rings is 1. The van der Waals surface area contributed by atoms with Crippen LogP contribution in [0.4, 0.5) is 5.13 Å². The molecule has 0 spiro atoms. The van der Waals surface area contributed by atoms with Crippen LogP contribution in [0.1, 0.15) is 18.5 Å². The Bertz CT molecular complexity index is 360. The fraction of sp³-hybridized carbons (Fsp3) is 0.556. The van der Waals surface area contributed by atoms with Gasteiger partial charge in [-0.3, -0.25) is 4.79 Å². The Hall–Kier alpha value is -1.14. The molecule has 0 radical (unpaired) electrons. The number of nitrogens with zero attached hydrogens (tertiary/aromatic N) is 1. The number of carbonyl (C=O) groups excluding carboxylic acids is 1. The summed E-state index contributed by atoms with van der Waals surface area (Å²) in [5, 5.41) is 14.1. The van der Waals surface area contributed by atoms with Crippen molar-refractivity contribution in [2.75, 3.05) is 5.73 Å². The first-order valence-corrected chi connectivity index (χ1v) is 5.69. The maximum Gasteiger partial charge on any atom is 0.226 e. The number of rotatable bonds is 3. The number of hydrogen-bond acceptors (Lipinski definition) is 5. The zero-order chi connectivity index (χ0) is 10.8. The van der Waals surface area contributed by atoms with Crippen molar-refractivity contribution in [1.82, 2.24) is 10.3 Å². The van der Waals surface area contributed by atoms with Crippen LogP contribution >= 0.6 is 11.3 Å². The summed E-state index contributed by atoms with van der Waals surface area (Å²) in [5.41, 5.74) is 6.16. The Morgan fingerprint density at radius 1 is 1.73 bits per heavy atom. The van der Waals surface area contributed by atoms with Crippen LogP contribution in [-0.2, 0) is 11.2 Å². The van der Waals surface area contributed by atoms with E-state index in [9.17, 15) is 4.79 Å². The molecule has 1 fully saturated rings. The van der Waals surface area contributed by atoms with Gasteiger partial charge in [-0.2, -0.15) is 0 Å². The molecule has 1 aromatic rings. The highest BCUT2D eigenvalue weighted by Crippen LogP contribution is 2.19. The van der Waals surface area contributed by atoms with Gasteiger partial charge < -0.3 is 16.2 Å². The van der Waals surface area contributed by atoms with E-state index >= 15 is 0 Å². The van der Waals surface area contributed by atoms with Crippen molar-refractivity contribution in [3.8, 4) is 0 Å². The van der Waals surface area contributed by atoms with Gasteiger partial charge >= 0.3 is 0 Å². The Kier molecular flexibility index (Phi) is 2.88. The van der Waals surface area contributed by atoms with Crippen molar-refractivity contribution < 1.29 is 9.90 Å². The van der Waals surface area contributed by atoms with Crippen LogP contribution in [0, 0.1) is 0 Å². The highest BCUT2D eigenvalue weighted by atomic mass is 32.1. The average molecular weight is 227 g/mol. The molecule has 15 heavy (non-hydrogen) atoms. The van der Waals surface area contributed by atoms with Crippen LogP contribution in [0.15, 0.2) is 5.38 Å². The smallest absolute Gasteiger partial charge is 0.226 e. The minimum atomic E-state index is -0.245. The molecule has 0 atom stereocenters. The van der Waals surface area contributed by atoms with Gasteiger partial charge in [-0.25, -0.2) is 4.98 Å². The number of anilines is 1. The van der Waals surface area contributed by atoms with E-state index in [1.165, 1.54) is 11.3 Å². The fourth-order valence-electron chi connectivity index (χ4n) is 1.55. The fourth-order valence-corrected chi connectivity index (χ4v) is 2.12. The van der Waals surface area contributed by atoms with E-state index in [1.54, 1.807) is 5.38 Å². The van der Waals surface area contributed by atoms with Gasteiger partial charge in [0, 0.05) is 11.4 Å². The summed E-state index contributed by atoms with van der Waals surface area (Å²) in [6.45, 7) is 0. The van der Waals surface area contributed by atoms with Crippen LogP contribution in [-0.4, -0.2) is 28.1 Å². The second-order valence-electron chi connectivity index (χ2n) is 3.74. The van der Waals surface area contributed by atoms with Gasteiger partial charge in [-0.15, -0.1) is 11.3 Å². The van der Waals surface area contributed by atoms with Crippen LogP contribution in [0.3, 0.4) is 0 Å². The van der Waals surface area contributed by atoms with E-state index < -0.39 is 0 Å². The second-order valence-corrected chi connectivity index (χ2v) is 4.63. The number of nitrogen functional groups attached to an aromatic ring is 1. The van der Waals surface area contributed by atoms with Crippen LogP contribution in [0.5, 0.6) is 0 Å². The van der Waals surface area contributed by atoms with Gasteiger partial charge in [0.15, 0.2) is 5.13 Å². The van der Waals surface area contributed by atoms with E-state index in [0.29, 0.717) is 23.7 Å². The largest absolute Gasteiger partial charge is 0.393 e. The maximum absolute atomic E-state index is 11.5. The summed E-state index contributed by atoms with van der Waals surface area (Å²) in [6, 6.07) is 0.128. The van der Waals surface area contributed by atoms with E-state index in [4.69, 9.17) is 10.8 Å². The summed E-state index contributed by atoms with van der Waals surface area (Å²) in [7, 11) is 0. The molecular formula is C9H13N3O2S. The zero-order valence-corrected chi connectivity index (χ0v) is 8.96. The molecule has 1 aliphatic carbocycles. The standard InChI is InChI=1S/C9H13N3O2S/c10-9-12-6(4-15-9)3-8(14)11-5-1-7(13)2-5/h4-5,7,13H,1-3H2,(H2,10,12)(H,11,14). The molecule has 1 aliphatic rings. The molecule has 0 aliphatic heterocycles. The minimum Gasteiger partial charge on any atom is -0.393 e. The number of aliphatic hydroxyl groups excluding tert-OH is 1. The lowest BCUT2D eigenvalue weighted by Gasteiger charge is -2.31. The lowest BCUT2D eigenvalue weighted by molar-refractivity contribution is -0.122. The van der Waals surface area contributed by atoms with Gasteiger partial charge in [0.05, 0.1) is 18.2 Å². The predicted octanol–water partition coefficient (Wildman–Crippen LogP) is -0.0927. The number of hydrogen-bond donors (Lipinski definition) is 3. The molecule has 1 amide bonds. The molecule has 1 heterocycles. The number of nitrogens with one attached hydrogen (secondary N) is 1. The third-order valence-corrected chi connectivity index (χ3v) is 3.11. The molecular weight excluding hydrogens is 214 g/mol. The molecule has 0 unspecified atom stereocenters. The summed E-state index contributed by atoms with van der Waals surface area (Å²) in [4.78, 5) is 15.5. The van der Waals surface area contributed by atoms with Gasteiger partial charge in [-0.1, -0.05) is 0 Å². The van der Waals surface area contributed by atoms with E-state index in [-0.39, 0.29) is 24.5 Å². The number of nitrogens with two attached hydrogens (primary N) is 1. The van der Waals surface area contributed by atoms with E-state index in [2.05, 4.69) is 10.3 Å². The monoisotopic (exact) mass is 227 g/mol. The van der Waals surface area contributed by atoms with E-state index in [0.717, 1.165) is 0 Å². The Morgan fingerprint density at radius 3 is 3.00 bits per heavy atom. The summed E-state index contributed by atoms with van der Waals surface area (Å²) >= 11 is 1.33. The quantitative estimate of drug-likeness (QED) is 0.673. The molecule has 0 aromatic carbocycles. The first-order chi connectivity index (χ1) is 7.13. The molecule has 1 aromatic heterocycles. The topological polar surface area (TPSA) is 88.2 Å². The summed E-state index contributed by atoms with van der Waals surface area (Å²) in [6.07, 6.45) is 1.33. The van der Waals surface area contributed by atoms with Crippen molar-refractivity contribution in [1.29, 1.82) is 0 Å². The lowest BCUT2D eigenvalue weighted by Crippen LogP contribution is -2.47. The number of amides is 1. The first-order valence-electron chi connectivity index (χ1n) is 4.81. The van der Waals surface area contributed by atoms with Crippen molar-refractivity contribution in [3.05, 3.63) is 11.1 Å². The zero-order valence-electron chi connectivity index (χ0n) is 8.14. The lowest BCUT2D eigenvalue weighted by atomic mass is 9.89. The van der Waals surface area contributed by atoms with Crippen LogP contribution in [0.25, 0.3) is 0 Å². The Morgan fingerprint density at radius 2 is 2.47 bits per heavy atom. The Balaban J connectivity index is 1.77. The molecule has 6 heteroatoms. The molecule has 5 nitrogen and oxygen atoms in total. The van der Waals surface area contributed by atoms with Crippen LogP contribution in [0.2, 0.25) is 0 Å². The van der Waals surface area contributed by atoms with Crippen molar-refractivity contribution in [2.24, 2.45) is 0 Å². The summed E-state index contributed by atoms with van der Waals surface area (Å²) < 4.78 is 0. The molecule has 0 saturated heterocycles. The highest BCUT2D eigenvalue weighted by Gasteiger charge is 2.28. The van der Waals surface area contributed by atoms with Gasteiger partial charge in [0.25, 0.3) is 0 Å². The van der Waals surface area contributed by atoms with Gasteiger partial charge in [0.1, 0.15) is 0 Å². The molecule has 4 N–H and O–H groups in total. The van der Waals surface area contributed by atoms with Gasteiger partial charge in [-0.05, 0) is 12.8 Å². The highest BCUT2D eigenvalue weighted by molar-refractivity contribution is 7.13. The SMILES string of the molecule is Nc1nc(CC(=O)NC2CC(O)C2)cs1. The average Bonchev–Trinajstić information content (AvgIpc) is 2.48. The Labute approximate surface area is 91.3 Å². The number of aromatic nitrogens is 1. The summed E-state index contributed by atoms with van der Waals surface area (Å²) in [5.74, 6) is -0.0581. The maximum atomic E-state index is 11.5. The third-order valence-electron chi connectivity index (χ3n) is 2.39. The minimum absolute atomic E-state index is 0.0581. The van der Waals surface area contributed by atoms with Crippen molar-refractivity contribution >= 4 is 22.4 Å². The number of carbonyl (C=O) groups is 1. The van der Waals surface area contributed by atoms with Gasteiger partial charge in [0.2, 0.25) is 5.91 Å². The first kappa shape index (κ1) is 10.4. The molecule has 1 saturated carbocycles. The molecule has 0 bridgehead atoms. The molecule has 2 rings (SSSR count). The normalized spacial score (nSPS) is 24.6. The molecule has 82 valence electrons. The third kappa shape index (κ3) is 2.66.